The van der Waals surface area contributed by atoms with E-state index in [1.165, 1.54) is 32.4 Å². The first-order valence-corrected chi connectivity index (χ1v) is 5.90. The summed E-state index contributed by atoms with van der Waals surface area (Å²) in [6.45, 7) is 3.93. The van der Waals surface area contributed by atoms with Crippen LogP contribution in [-0.4, -0.2) is 43.0 Å². The number of ether oxygens (including phenoxy) is 2. The number of nitrogens with zero attached hydrogens (tertiary/aromatic N) is 1. The molecule has 3 fully saturated rings. The van der Waals surface area contributed by atoms with Gasteiger partial charge in [0.15, 0.2) is 5.79 Å². The molecular weight excluding hydrogens is 178 g/mol. The van der Waals surface area contributed by atoms with Crippen molar-refractivity contribution in [2.75, 3.05) is 26.3 Å². The first-order valence-electron chi connectivity index (χ1n) is 5.90. The Balaban J connectivity index is 1.55. The van der Waals surface area contributed by atoms with Gasteiger partial charge in [-0.2, -0.15) is 0 Å². The molecule has 1 aliphatic carbocycles. The van der Waals surface area contributed by atoms with Crippen molar-refractivity contribution < 1.29 is 9.47 Å². The third-order valence-electron chi connectivity index (χ3n) is 3.96. The lowest BCUT2D eigenvalue weighted by molar-refractivity contribution is -0.189. The smallest absolute Gasteiger partial charge is 0.170 e. The van der Waals surface area contributed by atoms with Crippen molar-refractivity contribution in [2.24, 2.45) is 0 Å². The van der Waals surface area contributed by atoms with Crippen LogP contribution in [0.3, 0.4) is 0 Å². The molecule has 3 aliphatic rings. The van der Waals surface area contributed by atoms with E-state index in [0.717, 1.165) is 32.1 Å². The fraction of sp³-hybridized carbons (Fsp3) is 1.00. The van der Waals surface area contributed by atoms with E-state index in [1.54, 1.807) is 0 Å². The van der Waals surface area contributed by atoms with Gasteiger partial charge < -0.3 is 9.47 Å². The van der Waals surface area contributed by atoms with Gasteiger partial charge in [0.05, 0.1) is 13.2 Å². The molecule has 3 heteroatoms. The molecule has 3 rings (SSSR count). The van der Waals surface area contributed by atoms with Gasteiger partial charge in [0.1, 0.15) is 0 Å². The summed E-state index contributed by atoms with van der Waals surface area (Å²) < 4.78 is 11.4. The summed E-state index contributed by atoms with van der Waals surface area (Å²) in [7, 11) is 0. The van der Waals surface area contributed by atoms with Crippen LogP contribution in [0.1, 0.15) is 32.1 Å². The average molecular weight is 197 g/mol. The molecule has 1 saturated carbocycles. The van der Waals surface area contributed by atoms with Crippen LogP contribution in [0.15, 0.2) is 0 Å². The molecule has 0 bridgehead atoms. The van der Waals surface area contributed by atoms with Crippen molar-refractivity contribution in [3.05, 3.63) is 0 Å². The van der Waals surface area contributed by atoms with E-state index >= 15 is 0 Å². The molecule has 1 spiro atoms. The first kappa shape index (κ1) is 9.13. The summed E-state index contributed by atoms with van der Waals surface area (Å²) in [5.41, 5.74) is 0. The zero-order chi connectivity index (χ0) is 9.43. The standard InChI is InChI=1S/C11H19NO2/c1-2-10(3-1)12-6-4-11(5-7-12)13-8-9-14-11/h10H,1-9H2. The Morgan fingerprint density at radius 3 is 2.14 bits per heavy atom. The second-order valence-electron chi connectivity index (χ2n) is 4.73. The summed E-state index contributed by atoms with van der Waals surface area (Å²) >= 11 is 0. The van der Waals surface area contributed by atoms with E-state index in [4.69, 9.17) is 9.47 Å². The summed E-state index contributed by atoms with van der Waals surface area (Å²) in [5.74, 6) is -0.180. The zero-order valence-corrected chi connectivity index (χ0v) is 8.71. The molecule has 80 valence electrons. The minimum absolute atomic E-state index is 0.180. The van der Waals surface area contributed by atoms with E-state index in [-0.39, 0.29) is 5.79 Å². The lowest BCUT2D eigenvalue weighted by atomic mass is 9.89. The first-order chi connectivity index (χ1) is 6.88. The Hall–Kier alpha value is -0.120. The van der Waals surface area contributed by atoms with Gasteiger partial charge in [0.25, 0.3) is 0 Å². The van der Waals surface area contributed by atoms with Crippen molar-refractivity contribution >= 4 is 0 Å². The quantitative estimate of drug-likeness (QED) is 0.634. The SMILES string of the molecule is C1CC(N2CCC3(CC2)OCCO3)C1. The average Bonchev–Trinajstić information content (AvgIpc) is 2.55. The highest BCUT2D eigenvalue weighted by Gasteiger charge is 2.41. The lowest BCUT2D eigenvalue weighted by Gasteiger charge is -2.44. The Bertz CT molecular complexity index is 199. The van der Waals surface area contributed by atoms with Gasteiger partial charge in [-0.15, -0.1) is 0 Å². The van der Waals surface area contributed by atoms with Crippen LogP contribution in [0.5, 0.6) is 0 Å². The highest BCUT2D eigenvalue weighted by Crippen LogP contribution is 2.34. The number of rotatable bonds is 1. The predicted molar refractivity (Wildman–Crippen MR) is 53.1 cm³/mol. The third kappa shape index (κ3) is 1.47. The highest BCUT2D eigenvalue weighted by molar-refractivity contribution is 4.88. The topological polar surface area (TPSA) is 21.7 Å². The van der Waals surface area contributed by atoms with E-state index < -0.39 is 0 Å². The Morgan fingerprint density at radius 2 is 1.64 bits per heavy atom. The van der Waals surface area contributed by atoms with Gasteiger partial charge in [0.2, 0.25) is 0 Å². The van der Waals surface area contributed by atoms with Crippen LogP contribution < -0.4 is 0 Å². The molecule has 0 amide bonds. The van der Waals surface area contributed by atoms with Crippen molar-refractivity contribution in [3.8, 4) is 0 Å². The van der Waals surface area contributed by atoms with Crippen LogP contribution in [0.2, 0.25) is 0 Å². The van der Waals surface area contributed by atoms with Crippen molar-refractivity contribution in [1.82, 2.24) is 4.90 Å². The molecule has 14 heavy (non-hydrogen) atoms. The summed E-state index contributed by atoms with van der Waals surface area (Å²) in [5, 5.41) is 0. The lowest BCUT2D eigenvalue weighted by Crippen LogP contribution is -2.50. The van der Waals surface area contributed by atoms with Crippen molar-refractivity contribution in [3.63, 3.8) is 0 Å². The van der Waals surface area contributed by atoms with Gasteiger partial charge >= 0.3 is 0 Å². The van der Waals surface area contributed by atoms with E-state index in [9.17, 15) is 0 Å². The maximum absolute atomic E-state index is 5.71. The summed E-state index contributed by atoms with van der Waals surface area (Å²) in [6.07, 6.45) is 6.40. The molecule has 2 saturated heterocycles. The predicted octanol–water partition coefficient (Wildman–Crippen LogP) is 1.38. The highest BCUT2D eigenvalue weighted by atomic mass is 16.7. The molecule has 0 radical (unpaired) electrons. The number of piperidine rings is 1. The monoisotopic (exact) mass is 197 g/mol. The molecule has 2 heterocycles. The fourth-order valence-corrected chi connectivity index (χ4v) is 2.77. The van der Waals surface area contributed by atoms with Gasteiger partial charge in [-0.1, -0.05) is 6.42 Å². The van der Waals surface area contributed by atoms with Gasteiger partial charge in [-0.3, -0.25) is 4.90 Å². The van der Waals surface area contributed by atoms with Crippen molar-refractivity contribution in [2.45, 2.75) is 43.9 Å². The van der Waals surface area contributed by atoms with Crippen LogP contribution in [0.4, 0.5) is 0 Å². The fourth-order valence-electron chi connectivity index (χ4n) is 2.77. The Kier molecular flexibility index (Phi) is 2.26. The second-order valence-corrected chi connectivity index (χ2v) is 4.73. The number of hydrogen-bond acceptors (Lipinski definition) is 3. The Morgan fingerprint density at radius 1 is 1.00 bits per heavy atom. The van der Waals surface area contributed by atoms with Crippen LogP contribution in [0.25, 0.3) is 0 Å². The maximum Gasteiger partial charge on any atom is 0.170 e. The third-order valence-corrected chi connectivity index (χ3v) is 3.96. The molecule has 3 nitrogen and oxygen atoms in total. The number of likely N-dealkylation sites (tertiary alicyclic amines) is 1. The molecular formula is C11H19NO2. The molecule has 0 unspecified atom stereocenters. The Labute approximate surface area is 85.4 Å². The van der Waals surface area contributed by atoms with E-state index in [1.807, 2.05) is 0 Å². The van der Waals surface area contributed by atoms with Crippen molar-refractivity contribution in [1.29, 1.82) is 0 Å². The molecule has 0 N–H and O–H groups in total. The minimum Gasteiger partial charge on any atom is -0.347 e. The molecule has 0 aromatic carbocycles. The largest absolute Gasteiger partial charge is 0.347 e. The van der Waals surface area contributed by atoms with Crippen LogP contribution >= 0.6 is 0 Å². The van der Waals surface area contributed by atoms with Crippen LogP contribution in [0, 0.1) is 0 Å². The van der Waals surface area contributed by atoms with E-state index in [0.29, 0.717) is 0 Å². The molecule has 0 aromatic heterocycles. The van der Waals surface area contributed by atoms with Gasteiger partial charge in [0, 0.05) is 32.0 Å². The summed E-state index contributed by atoms with van der Waals surface area (Å²) in [6, 6.07) is 0.883. The van der Waals surface area contributed by atoms with Gasteiger partial charge in [-0.05, 0) is 12.8 Å². The minimum atomic E-state index is -0.180. The van der Waals surface area contributed by atoms with E-state index in [2.05, 4.69) is 4.90 Å². The molecule has 2 aliphatic heterocycles. The van der Waals surface area contributed by atoms with Crippen LogP contribution in [-0.2, 0) is 9.47 Å². The maximum atomic E-state index is 5.71. The zero-order valence-electron chi connectivity index (χ0n) is 8.71. The molecule has 0 aromatic rings. The second kappa shape index (κ2) is 3.47. The molecule has 0 atom stereocenters. The number of hydrogen-bond donors (Lipinski definition) is 0. The van der Waals surface area contributed by atoms with Gasteiger partial charge in [-0.25, -0.2) is 0 Å². The normalized spacial score (nSPS) is 33.4. The summed E-state index contributed by atoms with van der Waals surface area (Å²) in [4.78, 5) is 2.62.